The lowest BCUT2D eigenvalue weighted by Gasteiger charge is -2.11. The lowest BCUT2D eigenvalue weighted by Crippen LogP contribution is -2.23. The molecule has 0 saturated heterocycles. The molecule has 1 aromatic heterocycles. The Labute approximate surface area is 192 Å². The minimum Gasteiger partial charge on any atom is -0.494 e. The van der Waals surface area contributed by atoms with E-state index in [-0.39, 0.29) is 5.91 Å². The van der Waals surface area contributed by atoms with Crippen molar-refractivity contribution in [1.29, 1.82) is 0 Å². The van der Waals surface area contributed by atoms with Gasteiger partial charge in [-0.15, -0.1) is 0 Å². The van der Waals surface area contributed by atoms with E-state index in [1.54, 1.807) is 0 Å². The van der Waals surface area contributed by atoms with Crippen molar-refractivity contribution in [3.8, 4) is 5.75 Å². The molecular weight excluding hydrogens is 398 g/mol. The molecule has 172 valence electrons. The summed E-state index contributed by atoms with van der Waals surface area (Å²) in [6, 6.07) is 14.7. The Morgan fingerprint density at radius 3 is 2.66 bits per heavy atom. The highest BCUT2D eigenvalue weighted by Gasteiger charge is 2.10. The second-order valence-electron chi connectivity index (χ2n) is 8.48. The number of fused-ring (bicyclic) bond motifs is 1. The van der Waals surface area contributed by atoms with Gasteiger partial charge < -0.3 is 14.6 Å². The van der Waals surface area contributed by atoms with Crippen LogP contribution in [-0.2, 0) is 17.8 Å². The van der Waals surface area contributed by atoms with Gasteiger partial charge in [0.15, 0.2) is 0 Å². The van der Waals surface area contributed by atoms with Crippen LogP contribution in [0.5, 0.6) is 5.75 Å². The van der Waals surface area contributed by atoms with Crippen LogP contribution in [0.4, 0.5) is 0 Å². The third kappa shape index (κ3) is 6.84. The summed E-state index contributed by atoms with van der Waals surface area (Å²) >= 11 is 0. The highest BCUT2D eigenvalue weighted by atomic mass is 16.5. The molecule has 1 heterocycles. The van der Waals surface area contributed by atoms with Crippen LogP contribution in [0, 0.1) is 13.8 Å². The number of rotatable bonds is 13. The molecule has 0 radical (unpaired) electrons. The molecule has 0 spiro atoms. The molecule has 0 aliphatic heterocycles. The van der Waals surface area contributed by atoms with Gasteiger partial charge in [0.05, 0.1) is 17.6 Å². The maximum atomic E-state index is 11.3. The number of aryl methyl sites for hydroxylation is 4. The van der Waals surface area contributed by atoms with Crippen molar-refractivity contribution < 1.29 is 9.53 Å². The van der Waals surface area contributed by atoms with Crippen LogP contribution in [0.2, 0.25) is 0 Å². The third-order valence-electron chi connectivity index (χ3n) is 5.98. The van der Waals surface area contributed by atoms with E-state index in [1.165, 1.54) is 22.5 Å². The molecule has 3 aromatic rings. The summed E-state index contributed by atoms with van der Waals surface area (Å²) in [5.41, 5.74) is 4.85. The zero-order valence-electron chi connectivity index (χ0n) is 19.8. The Balaban J connectivity index is 1.48. The number of unbranched alkanes of at least 4 members (excludes halogenated alkanes) is 3. The van der Waals surface area contributed by atoms with Crippen molar-refractivity contribution in [3.05, 3.63) is 59.4 Å². The molecule has 32 heavy (non-hydrogen) atoms. The predicted molar refractivity (Wildman–Crippen MR) is 131 cm³/mol. The number of nitrogens with zero attached hydrogens (tertiary/aromatic N) is 2. The van der Waals surface area contributed by atoms with E-state index in [0.717, 1.165) is 69.5 Å². The van der Waals surface area contributed by atoms with Gasteiger partial charge in [-0.1, -0.05) is 31.5 Å². The van der Waals surface area contributed by atoms with Crippen LogP contribution in [0.1, 0.15) is 62.4 Å². The first-order valence-corrected chi connectivity index (χ1v) is 12.0. The average Bonchev–Trinajstić information content (AvgIpc) is 3.15. The number of benzene rings is 2. The number of hydrogen-bond donors (Lipinski definition) is 1. The van der Waals surface area contributed by atoms with Crippen molar-refractivity contribution >= 4 is 16.9 Å². The molecule has 0 aliphatic rings. The van der Waals surface area contributed by atoms with Crippen molar-refractivity contribution in [3.63, 3.8) is 0 Å². The number of imidazole rings is 1. The zero-order valence-corrected chi connectivity index (χ0v) is 19.8. The lowest BCUT2D eigenvalue weighted by molar-refractivity contribution is -0.120. The summed E-state index contributed by atoms with van der Waals surface area (Å²) in [6.45, 7) is 8.58. The number of nitrogens with one attached hydrogen (secondary N) is 1. The van der Waals surface area contributed by atoms with Gasteiger partial charge in [-0.3, -0.25) is 4.79 Å². The summed E-state index contributed by atoms with van der Waals surface area (Å²) in [5.74, 6) is 2.25. The van der Waals surface area contributed by atoms with E-state index in [1.807, 2.05) is 6.92 Å². The van der Waals surface area contributed by atoms with Crippen LogP contribution >= 0.6 is 0 Å². The Hall–Kier alpha value is -2.82. The number of para-hydroxylation sites is 2. The molecule has 1 amide bonds. The normalized spacial score (nSPS) is 11.1. The Kier molecular flexibility index (Phi) is 9.14. The average molecular weight is 436 g/mol. The summed E-state index contributed by atoms with van der Waals surface area (Å²) in [6.07, 6.45) is 6.78. The molecule has 0 unspecified atom stereocenters. The molecule has 0 atom stereocenters. The highest BCUT2D eigenvalue weighted by Crippen LogP contribution is 2.20. The van der Waals surface area contributed by atoms with Crippen molar-refractivity contribution in [2.24, 2.45) is 0 Å². The van der Waals surface area contributed by atoms with Gasteiger partial charge in [0.25, 0.3) is 0 Å². The molecule has 0 fully saturated rings. The molecule has 5 nitrogen and oxygen atoms in total. The quantitative estimate of drug-likeness (QED) is 0.348. The third-order valence-corrected chi connectivity index (χ3v) is 5.98. The minimum atomic E-state index is 0.133. The summed E-state index contributed by atoms with van der Waals surface area (Å²) in [7, 11) is 0. The number of ether oxygens (including phenoxy) is 1. The topological polar surface area (TPSA) is 56.2 Å². The van der Waals surface area contributed by atoms with Gasteiger partial charge >= 0.3 is 0 Å². The second kappa shape index (κ2) is 12.3. The molecule has 3 rings (SSSR count). The zero-order chi connectivity index (χ0) is 22.8. The van der Waals surface area contributed by atoms with Gasteiger partial charge in [0.2, 0.25) is 5.91 Å². The number of amides is 1. The Morgan fingerprint density at radius 2 is 1.84 bits per heavy atom. The van der Waals surface area contributed by atoms with Crippen LogP contribution in [-0.4, -0.2) is 28.6 Å². The van der Waals surface area contributed by atoms with Crippen LogP contribution in [0.3, 0.4) is 0 Å². The van der Waals surface area contributed by atoms with E-state index in [4.69, 9.17) is 9.72 Å². The van der Waals surface area contributed by atoms with E-state index in [0.29, 0.717) is 6.42 Å². The lowest BCUT2D eigenvalue weighted by atomic mass is 10.1. The van der Waals surface area contributed by atoms with Gasteiger partial charge in [-0.2, -0.15) is 0 Å². The summed E-state index contributed by atoms with van der Waals surface area (Å²) in [5, 5.41) is 2.95. The molecule has 2 aromatic carbocycles. The molecule has 0 saturated carbocycles. The van der Waals surface area contributed by atoms with Crippen molar-refractivity contribution in [2.45, 2.75) is 72.3 Å². The Morgan fingerprint density at radius 1 is 1.00 bits per heavy atom. The largest absolute Gasteiger partial charge is 0.494 e. The second-order valence-corrected chi connectivity index (χ2v) is 8.48. The van der Waals surface area contributed by atoms with Gasteiger partial charge in [0, 0.05) is 25.9 Å². The van der Waals surface area contributed by atoms with E-state index < -0.39 is 0 Å². The maximum Gasteiger partial charge on any atom is 0.219 e. The predicted octanol–water partition coefficient (Wildman–Crippen LogP) is 5.75. The number of carbonyl (C=O) groups excluding carboxylic acids is 1. The number of hydrogen-bond acceptors (Lipinski definition) is 3. The van der Waals surface area contributed by atoms with E-state index in [9.17, 15) is 4.79 Å². The number of aromatic nitrogens is 2. The van der Waals surface area contributed by atoms with E-state index >= 15 is 0 Å². The van der Waals surface area contributed by atoms with Crippen LogP contribution < -0.4 is 10.1 Å². The highest BCUT2D eigenvalue weighted by molar-refractivity contribution is 5.76. The monoisotopic (exact) mass is 435 g/mol. The molecule has 0 aliphatic carbocycles. The fourth-order valence-corrected chi connectivity index (χ4v) is 3.87. The van der Waals surface area contributed by atoms with Crippen molar-refractivity contribution in [1.82, 2.24) is 14.9 Å². The minimum absolute atomic E-state index is 0.133. The van der Waals surface area contributed by atoms with Crippen molar-refractivity contribution in [2.75, 3.05) is 13.2 Å². The first-order valence-electron chi connectivity index (χ1n) is 12.0. The SMILES string of the molecule is CCC(=O)NCCCCCc1nc2ccccc2n1CCCCOc1ccc(C)c(C)c1. The molecule has 5 heteroatoms. The number of carbonyl (C=O) groups is 1. The standard InChI is InChI=1S/C27H37N3O2/c1-4-27(31)28-17-9-5-6-14-26-29-24-12-7-8-13-25(24)30(26)18-10-11-19-32-23-16-15-21(2)22(3)20-23/h7-8,12-13,15-16,20H,4-6,9-11,14,17-19H2,1-3H3,(H,28,31). The smallest absolute Gasteiger partial charge is 0.219 e. The van der Waals surface area contributed by atoms with Gasteiger partial charge in [0.1, 0.15) is 11.6 Å². The first-order chi connectivity index (χ1) is 15.6. The van der Waals surface area contributed by atoms with E-state index in [2.05, 4.69) is 66.2 Å². The summed E-state index contributed by atoms with van der Waals surface area (Å²) < 4.78 is 8.33. The summed E-state index contributed by atoms with van der Waals surface area (Å²) in [4.78, 5) is 16.2. The fraction of sp³-hybridized carbons (Fsp3) is 0.481. The molecular formula is C27H37N3O2. The molecule has 1 N–H and O–H groups in total. The first kappa shape index (κ1) is 23.8. The van der Waals surface area contributed by atoms with Crippen LogP contribution in [0.25, 0.3) is 11.0 Å². The fourth-order valence-electron chi connectivity index (χ4n) is 3.87. The Bertz CT molecular complexity index is 1010. The van der Waals surface area contributed by atoms with Gasteiger partial charge in [-0.05, 0) is 74.9 Å². The maximum absolute atomic E-state index is 11.3. The van der Waals surface area contributed by atoms with Crippen LogP contribution in [0.15, 0.2) is 42.5 Å². The molecule has 0 bridgehead atoms. The van der Waals surface area contributed by atoms with Gasteiger partial charge in [-0.25, -0.2) is 4.98 Å².